The van der Waals surface area contributed by atoms with Crippen molar-refractivity contribution in [2.75, 3.05) is 12.8 Å². The largest absolute Gasteiger partial charge is 0.110 e. The maximum atomic E-state index is 3.82. The first kappa shape index (κ1) is 5.43. The van der Waals surface area contributed by atoms with Gasteiger partial charge in [0.05, 0.1) is 0 Å². The molecule has 0 rings (SSSR count). The third kappa shape index (κ3) is 4.43. The Hall–Kier alpha value is 0.430. The molecule has 0 saturated heterocycles. The molecule has 0 amide bonds. The van der Waals surface area contributed by atoms with E-state index in [4.69, 9.17) is 0 Å². The lowest BCUT2D eigenvalue weighted by Gasteiger charge is -1.92. The Bertz CT molecular complexity index is 17.6. The summed E-state index contributed by atoms with van der Waals surface area (Å²) < 4.78 is 0. The first-order chi connectivity index (χ1) is 2.27. The second kappa shape index (κ2) is 2.66. The summed E-state index contributed by atoms with van der Waals surface area (Å²) in [7, 11) is 0.152. The van der Waals surface area contributed by atoms with Gasteiger partial charge < -0.3 is 0 Å². The fourth-order valence-electron chi connectivity index (χ4n) is 0. The van der Waals surface area contributed by atoms with Crippen LogP contribution in [-0.4, -0.2) is 12.8 Å². The normalized spacial score (nSPS) is 9.60. The average molecular weight is 89.1 g/mol. The van der Waals surface area contributed by atoms with E-state index < -0.39 is 0 Å². The zero-order valence-corrected chi connectivity index (χ0v) is 4.76. The van der Waals surface area contributed by atoms with E-state index >= 15 is 0 Å². The molecular weight excluding hydrogens is 79.0 g/mol. The lowest BCUT2D eigenvalue weighted by atomic mass is 11.0. The highest BCUT2D eigenvalue weighted by Crippen LogP contribution is 2.24. The molecule has 0 N–H and O–H groups in total. The topological polar surface area (TPSA) is 0 Å². The SMILES string of the molecule is [CH2]P(C)CC. The summed E-state index contributed by atoms with van der Waals surface area (Å²) in [5, 5.41) is 0. The minimum atomic E-state index is 0.152. The monoisotopic (exact) mass is 89.1 g/mol. The molecule has 0 fully saturated rings. The molecule has 1 radical (unpaired) electrons. The van der Waals surface area contributed by atoms with Crippen LogP contribution in [0.1, 0.15) is 6.92 Å². The third-order valence-electron chi connectivity index (χ3n) is 0.540. The molecule has 0 aliphatic heterocycles. The summed E-state index contributed by atoms with van der Waals surface area (Å²) in [6.45, 7) is 8.16. The molecular formula is C4H10P. The summed E-state index contributed by atoms with van der Waals surface area (Å²) in [5.41, 5.74) is 0. The Morgan fingerprint density at radius 2 is 2.00 bits per heavy atom. The van der Waals surface area contributed by atoms with Crippen molar-refractivity contribution < 1.29 is 0 Å². The highest BCUT2D eigenvalue weighted by Gasteiger charge is 1.78. The van der Waals surface area contributed by atoms with E-state index in [2.05, 4.69) is 20.3 Å². The number of rotatable bonds is 1. The second-order valence-corrected chi connectivity index (χ2v) is 3.52. The third-order valence-corrected chi connectivity index (χ3v) is 1.62. The zero-order valence-electron chi connectivity index (χ0n) is 3.86. The quantitative estimate of drug-likeness (QED) is 0.430. The molecule has 5 heavy (non-hydrogen) atoms. The summed E-state index contributed by atoms with van der Waals surface area (Å²) in [6.07, 6.45) is 1.26. The Kier molecular flexibility index (Phi) is 2.88. The van der Waals surface area contributed by atoms with Gasteiger partial charge in [-0.25, -0.2) is 0 Å². The molecule has 1 unspecified atom stereocenters. The Labute approximate surface area is 35.3 Å². The molecule has 0 bridgehead atoms. The van der Waals surface area contributed by atoms with Crippen molar-refractivity contribution in [2.24, 2.45) is 0 Å². The van der Waals surface area contributed by atoms with E-state index in [9.17, 15) is 0 Å². The molecule has 0 saturated carbocycles. The highest BCUT2D eigenvalue weighted by atomic mass is 31.1. The van der Waals surface area contributed by atoms with Crippen molar-refractivity contribution in [2.45, 2.75) is 6.92 Å². The molecule has 1 heteroatoms. The molecule has 31 valence electrons. The zero-order chi connectivity index (χ0) is 4.28. The summed E-state index contributed by atoms with van der Waals surface area (Å²) in [6, 6.07) is 0. The smallest absolute Gasteiger partial charge is 0.0289 e. The van der Waals surface area contributed by atoms with Gasteiger partial charge in [-0.1, -0.05) is 6.92 Å². The molecule has 0 aromatic heterocycles. The van der Waals surface area contributed by atoms with Gasteiger partial charge in [-0.2, -0.15) is 0 Å². The fourth-order valence-corrected chi connectivity index (χ4v) is 0. The Balaban J connectivity index is 2.54. The standard InChI is InChI=1S/C4H10P/c1-4-5(2)3/h2,4H2,1,3H3. The van der Waals surface area contributed by atoms with E-state index in [-0.39, 0.29) is 7.92 Å². The first-order valence-corrected chi connectivity index (χ1v) is 3.95. The van der Waals surface area contributed by atoms with Crippen LogP contribution >= 0.6 is 7.92 Å². The van der Waals surface area contributed by atoms with Crippen LogP contribution in [0.3, 0.4) is 0 Å². The predicted molar refractivity (Wildman–Crippen MR) is 28.7 cm³/mol. The minimum Gasteiger partial charge on any atom is -0.110 e. The van der Waals surface area contributed by atoms with Crippen LogP contribution in [0.5, 0.6) is 0 Å². The van der Waals surface area contributed by atoms with E-state index in [1.54, 1.807) is 0 Å². The molecule has 0 aliphatic carbocycles. The molecule has 0 aliphatic rings. The summed E-state index contributed by atoms with van der Waals surface area (Å²) in [5.74, 6) is 0. The van der Waals surface area contributed by atoms with E-state index in [0.717, 1.165) is 0 Å². The van der Waals surface area contributed by atoms with Gasteiger partial charge >= 0.3 is 0 Å². The van der Waals surface area contributed by atoms with E-state index in [1.807, 2.05) is 0 Å². The predicted octanol–water partition coefficient (Wildman–Crippen LogP) is 1.91. The summed E-state index contributed by atoms with van der Waals surface area (Å²) in [4.78, 5) is 0. The van der Waals surface area contributed by atoms with Crippen molar-refractivity contribution in [1.82, 2.24) is 0 Å². The highest BCUT2D eigenvalue weighted by molar-refractivity contribution is 7.57. The van der Waals surface area contributed by atoms with Crippen molar-refractivity contribution in [3.05, 3.63) is 6.66 Å². The lowest BCUT2D eigenvalue weighted by molar-refractivity contribution is 1.50. The van der Waals surface area contributed by atoms with Crippen LogP contribution < -0.4 is 0 Å². The average Bonchev–Trinajstić information content (AvgIpc) is 1.38. The van der Waals surface area contributed by atoms with Crippen molar-refractivity contribution in [3.63, 3.8) is 0 Å². The van der Waals surface area contributed by atoms with Gasteiger partial charge in [0.25, 0.3) is 0 Å². The fraction of sp³-hybridized carbons (Fsp3) is 0.750. The van der Waals surface area contributed by atoms with Gasteiger partial charge in [0, 0.05) is 0 Å². The van der Waals surface area contributed by atoms with Gasteiger partial charge in [0.15, 0.2) is 0 Å². The van der Waals surface area contributed by atoms with Crippen LogP contribution in [0.15, 0.2) is 0 Å². The van der Waals surface area contributed by atoms with Gasteiger partial charge in [-0.15, -0.1) is 7.92 Å². The Morgan fingerprint density at radius 3 is 2.00 bits per heavy atom. The van der Waals surface area contributed by atoms with E-state index in [1.165, 1.54) is 6.16 Å². The van der Waals surface area contributed by atoms with Crippen molar-refractivity contribution in [3.8, 4) is 0 Å². The molecule has 0 spiro atoms. The van der Waals surface area contributed by atoms with Crippen LogP contribution in [-0.2, 0) is 0 Å². The number of hydrogen-bond acceptors (Lipinski definition) is 0. The van der Waals surface area contributed by atoms with E-state index in [0.29, 0.717) is 0 Å². The van der Waals surface area contributed by atoms with Crippen LogP contribution in [0.2, 0.25) is 0 Å². The lowest BCUT2D eigenvalue weighted by Crippen LogP contribution is -1.62. The second-order valence-electron chi connectivity index (χ2n) is 1.17. The minimum absolute atomic E-state index is 0.152. The molecule has 0 aromatic rings. The first-order valence-electron chi connectivity index (χ1n) is 1.79. The maximum Gasteiger partial charge on any atom is -0.0289 e. The molecule has 0 aromatic carbocycles. The van der Waals surface area contributed by atoms with Gasteiger partial charge in [0.1, 0.15) is 0 Å². The Morgan fingerprint density at radius 1 is 1.80 bits per heavy atom. The van der Waals surface area contributed by atoms with Crippen LogP contribution in [0.4, 0.5) is 0 Å². The van der Waals surface area contributed by atoms with Crippen molar-refractivity contribution >= 4 is 7.92 Å². The number of hydrogen-bond donors (Lipinski definition) is 0. The van der Waals surface area contributed by atoms with Crippen LogP contribution in [0, 0.1) is 6.66 Å². The molecule has 1 atom stereocenters. The van der Waals surface area contributed by atoms with Crippen molar-refractivity contribution in [1.29, 1.82) is 0 Å². The summed E-state index contributed by atoms with van der Waals surface area (Å²) >= 11 is 0. The van der Waals surface area contributed by atoms with Gasteiger partial charge in [0.2, 0.25) is 0 Å². The van der Waals surface area contributed by atoms with Crippen LogP contribution in [0.25, 0.3) is 0 Å². The molecule has 0 nitrogen and oxygen atoms in total. The van der Waals surface area contributed by atoms with Gasteiger partial charge in [-0.3, -0.25) is 0 Å². The maximum absolute atomic E-state index is 3.82. The van der Waals surface area contributed by atoms with Gasteiger partial charge in [-0.05, 0) is 19.5 Å². The molecule has 0 heterocycles.